The number of anilines is 1. The molecule has 0 radical (unpaired) electrons. The summed E-state index contributed by atoms with van der Waals surface area (Å²) >= 11 is 5.94. The second-order valence-corrected chi connectivity index (χ2v) is 5.44. The third-order valence-electron chi connectivity index (χ3n) is 3.36. The van der Waals surface area contributed by atoms with E-state index in [2.05, 4.69) is 20.3 Å². The number of nitrogens with zero attached hydrogens (tertiary/aromatic N) is 3. The highest BCUT2D eigenvalue weighted by molar-refractivity contribution is 6.30. The fraction of sp³-hybridized carbons (Fsp3) is 0.250. The summed E-state index contributed by atoms with van der Waals surface area (Å²) in [6.45, 7) is 0.807. The number of aromatic nitrogens is 2. The number of rotatable bonds is 6. The minimum atomic E-state index is -0.633. The van der Waals surface area contributed by atoms with Crippen LogP contribution in [0.2, 0.25) is 5.02 Å². The summed E-state index contributed by atoms with van der Waals surface area (Å²) in [5.74, 6) is 1.12. The van der Waals surface area contributed by atoms with E-state index < -0.39 is 6.04 Å². The van der Waals surface area contributed by atoms with Crippen molar-refractivity contribution in [1.82, 2.24) is 9.97 Å². The molecule has 1 atom stereocenters. The minimum absolute atomic E-state index is 0.279. The summed E-state index contributed by atoms with van der Waals surface area (Å²) < 4.78 is 5.62. The highest BCUT2D eigenvalue weighted by Crippen LogP contribution is 2.24. The molecule has 2 heterocycles. The number of aldehydes is 1. The number of fused-ring (bicyclic) bond motifs is 1. The third kappa shape index (κ3) is 3.91. The molecule has 118 valence electrons. The van der Waals surface area contributed by atoms with Gasteiger partial charge in [0.05, 0.1) is 6.61 Å². The van der Waals surface area contributed by atoms with Crippen LogP contribution in [0.1, 0.15) is 17.3 Å². The lowest BCUT2D eigenvalue weighted by molar-refractivity contribution is -0.109. The number of carbonyl (C=O) groups excluding carboxylic acids is 1. The zero-order chi connectivity index (χ0) is 16.1. The van der Waals surface area contributed by atoms with Crippen LogP contribution in [0.25, 0.3) is 0 Å². The second-order valence-electron chi connectivity index (χ2n) is 5.00. The maximum atomic E-state index is 11.2. The zero-order valence-electron chi connectivity index (χ0n) is 12.3. The third-order valence-corrected chi connectivity index (χ3v) is 3.59. The topological polar surface area (TPSA) is 76.5 Å². The van der Waals surface area contributed by atoms with Crippen molar-refractivity contribution in [2.24, 2.45) is 4.99 Å². The number of nitrogens with one attached hydrogen (secondary N) is 1. The number of hydrogen-bond acceptors (Lipinski definition) is 6. The maximum Gasteiger partial charge on any atom is 0.155 e. The van der Waals surface area contributed by atoms with Gasteiger partial charge in [-0.3, -0.25) is 9.98 Å². The standard InChI is InChI=1S/C16H15ClN4O2/c17-12-3-1-2-11(8-12)4-7-23-10-14-20-13(9-22)15-16(21-14)19-6-5-18-15/h1-3,5-6,8-9,13H,4,7,10H2,(H,19,20,21). The Kier molecular flexibility index (Phi) is 4.95. The lowest BCUT2D eigenvalue weighted by Gasteiger charge is -2.20. The molecule has 1 aromatic carbocycles. The number of hydrogen-bond donors (Lipinski definition) is 1. The first-order chi connectivity index (χ1) is 11.3. The molecule has 7 heteroatoms. The average Bonchev–Trinajstić information content (AvgIpc) is 2.58. The normalized spacial score (nSPS) is 16.2. The molecule has 1 aliphatic heterocycles. The summed E-state index contributed by atoms with van der Waals surface area (Å²) in [6.07, 6.45) is 4.61. The van der Waals surface area contributed by atoms with Gasteiger partial charge in [0.2, 0.25) is 0 Å². The summed E-state index contributed by atoms with van der Waals surface area (Å²) in [7, 11) is 0. The van der Waals surface area contributed by atoms with Crippen molar-refractivity contribution in [2.75, 3.05) is 18.5 Å². The lowest BCUT2D eigenvalue weighted by Crippen LogP contribution is -2.27. The van der Waals surface area contributed by atoms with Crippen LogP contribution in [0.4, 0.5) is 5.82 Å². The molecule has 0 spiro atoms. The fourth-order valence-corrected chi connectivity index (χ4v) is 2.49. The van der Waals surface area contributed by atoms with Gasteiger partial charge in [0.15, 0.2) is 18.1 Å². The van der Waals surface area contributed by atoms with Gasteiger partial charge in [0.25, 0.3) is 0 Å². The van der Waals surface area contributed by atoms with Gasteiger partial charge in [-0.2, -0.15) is 0 Å². The van der Waals surface area contributed by atoms with E-state index >= 15 is 0 Å². The first kappa shape index (κ1) is 15.6. The predicted octanol–water partition coefficient (Wildman–Crippen LogP) is 2.45. The van der Waals surface area contributed by atoms with Crippen LogP contribution in [0.15, 0.2) is 41.7 Å². The van der Waals surface area contributed by atoms with E-state index in [0.29, 0.717) is 29.0 Å². The predicted molar refractivity (Wildman–Crippen MR) is 87.9 cm³/mol. The Bertz CT molecular complexity index is 736. The second kappa shape index (κ2) is 7.30. The Balaban J connectivity index is 1.55. The Morgan fingerprint density at radius 3 is 3.00 bits per heavy atom. The first-order valence-electron chi connectivity index (χ1n) is 7.18. The van der Waals surface area contributed by atoms with E-state index in [-0.39, 0.29) is 6.61 Å². The largest absolute Gasteiger partial charge is 0.373 e. The van der Waals surface area contributed by atoms with Crippen molar-refractivity contribution in [3.8, 4) is 0 Å². The Morgan fingerprint density at radius 1 is 1.30 bits per heavy atom. The molecule has 1 N–H and O–H groups in total. The molecule has 3 rings (SSSR count). The molecule has 1 aromatic heterocycles. The van der Waals surface area contributed by atoms with Gasteiger partial charge in [0, 0.05) is 17.4 Å². The molecule has 0 saturated carbocycles. The van der Waals surface area contributed by atoms with E-state index in [0.717, 1.165) is 18.3 Å². The minimum Gasteiger partial charge on any atom is -0.373 e. The van der Waals surface area contributed by atoms with Crippen LogP contribution in [-0.2, 0) is 16.0 Å². The molecule has 0 aliphatic carbocycles. The van der Waals surface area contributed by atoms with E-state index in [4.69, 9.17) is 16.3 Å². The summed E-state index contributed by atoms with van der Waals surface area (Å²) in [6, 6.07) is 7.03. The summed E-state index contributed by atoms with van der Waals surface area (Å²) in [5.41, 5.74) is 1.64. The van der Waals surface area contributed by atoms with Crippen LogP contribution in [0.5, 0.6) is 0 Å². The van der Waals surface area contributed by atoms with Crippen LogP contribution in [-0.4, -0.2) is 35.3 Å². The molecular weight excluding hydrogens is 316 g/mol. The quantitative estimate of drug-likeness (QED) is 0.650. The molecule has 2 aromatic rings. The molecule has 6 nitrogen and oxygen atoms in total. The number of ether oxygens (including phenoxy) is 1. The molecule has 0 fully saturated rings. The van der Waals surface area contributed by atoms with Crippen molar-refractivity contribution >= 4 is 29.5 Å². The van der Waals surface area contributed by atoms with Crippen molar-refractivity contribution < 1.29 is 9.53 Å². The highest BCUT2D eigenvalue weighted by atomic mass is 35.5. The zero-order valence-corrected chi connectivity index (χ0v) is 13.0. The number of amidine groups is 1. The van der Waals surface area contributed by atoms with Gasteiger partial charge in [-0.15, -0.1) is 0 Å². The van der Waals surface area contributed by atoms with Gasteiger partial charge in [-0.25, -0.2) is 4.98 Å². The van der Waals surface area contributed by atoms with Crippen molar-refractivity contribution in [3.63, 3.8) is 0 Å². The Hall–Kier alpha value is -2.31. The van der Waals surface area contributed by atoms with Gasteiger partial charge < -0.3 is 14.8 Å². The molecular formula is C16H15ClN4O2. The van der Waals surface area contributed by atoms with E-state index in [1.165, 1.54) is 0 Å². The van der Waals surface area contributed by atoms with E-state index in [1.807, 2.05) is 24.3 Å². The maximum absolute atomic E-state index is 11.2. The van der Waals surface area contributed by atoms with E-state index in [9.17, 15) is 4.79 Å². The molecule has 23 heavy (non-hydrogen) atoms. The summed E-state index contributed by atoms with van der Waals surface area (Å²) in [5, 5.41) is 3.75. The van der Waals surface area contributed by atoms with Crippen LogP contribution >= 0.6 is 11.6 Å². The van der Waals surface area contributed by atoms with Gasteiger partial charge in [0.1, 0.15) is 18.1 Å². The fourth-order valence-electron chi connectivity index (χ4n) is 2.28. The molecule has 0 saturated heterocycles. The molecule has 0 amide bonds. The van der Waals surface area contributed by atoms with Gasteiger partial charge in [-0.1, -0.05) is 23.7 Å². The van der Waals surface area contributed by atoms with Gasteiger partial charge >= 0.3 is 0 Å². The van der Waals surface area contributed by atoms with Gasteiger partial charge in [-0.05, 0) is 24.1 Å². The van der Waals surface area contributed by atoms with Crippen LogP contribution in [0, 0.1) is 0 Å². The smallest absolute Gasteiger partial charge is 0.155 e. The highest BCUT2D eigenvalue weighted by Gasteiger charge is 2.22. The molecule has 1 aliphatic rings. The van der Waals surface area contributed by atoms with Crippen molar-refractivity contribution in [2.45, 2.75) is 12.5 Å². The van der Waals surface area contributed by atoms with Crippen LogP contribution < -0.4 is 5.32 Å². The monoisotopic (exact) mass is 330 g/mol. The lowest BCUT2D eigenvalue weighted by atomic mass is 10.2. The number of carbonyl (C=O) groups is 1. The Morgan fingerprint density at radius 2 is 2.17 bits per heavy atom. The van der Waals surface area contributed by atoms with E-state index in [1.54, 1.807) is 12.4 Å². The summed E-state index contributed by atoms with van der Waals surface area (Å²) in [4.78, 5) is 23.8. The first-order valence-corrected chi connectivity index (χ1v) is 7.56. The molecule has 0 bridgehead atoms. The number of halogens is 1. The van der Waals surface area contributed by atoms with Crippen molar-refractivity contribution in [3.05, 3.63) is 52.9 Å². The van der Waals surface area contributed by atoms with Crippen LogP contribution in [0.3, 0.4) is 0 Å². The number of aliphatic imine (C=N–C) groups is 1. The number of benzene rings is 1. The molecule has 1 unspecified atom stereocenters. The van der Waals surface area contributed by atoms with Crippen molar-refractivity contribution in [1.29, 1.82) is 0 Å². The average molecular weight is 331 g/mol. The Labute approximate surface area is 138 Å². The SMILES string of the molecule is O=CC1N=C(COCCc2cccc(Cl)c2)Nc2nccnc21.